The Balaban J connectivity index is 1.64. The fourth-order valence-electron chi connectivity index (χ4n) is 2.34. The Kier molecular flexibility index (Phi) is 5.07. The topological polar surface area (TPSA) is 94.3 Å². The van der Waals surface area contributed by atoms with Crippen molar-refractivity contribution >= 4 is 17.6 Å². The molecule has 0 aliphatic heterocycles. The minimum absolute atomic E-state index is 0.137. The van der Waals surface area contributed by atoms with Crippen molar-refractivity contribution < 1.29 is 18.7 Å². The molecule has 0 atom stereocenters. The third kappa shape index (κ3) is 4.32. The van der Waals surface area contributed by atoms with Crippen LogP contribution in [0.5, 0.6) is 0 Å². The molecule has 0 saturated heterocycles. The summed E-state index contributed by atoms with van der Waals surface area (Å²) in [7, 11) is 0. The number of nitrogens with zero attached hydrogens (tertiary/aromatic N) is 2. The highest BCUT2D eigenvalue weighted by molar-refractivity contribution is 5.93. The number of aromatic nitrogens is 2. The number of esters is 1. The zero-order valence-electron chi connectivity index (χ0n) is 14.4. The van der Waals surface area contributed by atoms with Crippen LogP contribution in [0.1, 0.15) is 28.7 Å². The molecule has 0 saturated carbocycles. The standard InChI is InChI=1S/C19H17N3O4/c1-12-5-3-6-14(9-12)18-22-21-17(26-18)11-25-19(24)15-7-4-8-16(10-15)20-13(2)23/h3-10H,11H2,1-2H3,(H,20,23). The summed E-state index contributed by atoms with van der Waals surface area (Å²) in [6, 6.07) is 14.1. The average Bonchev–Trinajstić information content (AvgIpc) is 3.08. The maximum absolute atomic E-state index is 12.2. The third-order valence-electron chi connectivity index (χ3n) is 3.48. The van der Waals surface area contributed by atoms with Crippen molar-refractivity contribution in [3.05, 3.63) is 65.5 Å². The van der Waals surface area contributed by atoms with Gasteiger partial charge in [-0.3, -0.25) is 4.79 Å². The molecule has 0 bridgehead atoms. The predicted octanol–water partition coefficient (Wildman–Crippen LogP) is 3.36. The molecule has 1 aromatic heterocycles. The van der Waals surface area contributed by atoms with Crippen LogP contribution in [0.15, 0.2) is 52.9 Å². The molecule has 3 aromatic rings. The van der Waals surface area contributed by atoms with Gasteiger partial charge in [0.15, 0.2) is 6.61 Å². The normalized spacial score (nSPS) is 10.4. The number of carbonyl (C=O) groups excluding carboxylic acids is 2. The first-order chi connectivity index (χ1) is 12.5. The van der Waals surface area contributed by atoms with E-state index < -0.39 is 5.97 Å². The molecule has 0 radical (unpaired) electrons. The number of benzene rings is 2. The quantitative estimate of drug-likeness (QED) is 0.708. The Hall–Kier alpha value is -3.48. The summed E-state index contributed by atoms with van der Waals surface area (Å²) >= 11 is 0. The molecule has 26 heavy (non-hydrogen) atoms. The van der Waals surface area contributed by atoms with Crippen molar-refractivity contribution in [2.45, 2.75) is 20.5 Å². The van der Waals surface area contributed by atoms with Gasteiger partial charge in [-0.15, -0.1) is 10.2 Å². The van der Waals surface area contributed by atoms with E-state index >= 15 is 0 Å². The van der Waals surface area contributed by atoms with Gasteiger partial charge in [-0.2, -0.15) is 0 Å². The van der Waals surface area contributed by atoms with Crippen LogP contribution in [-0.4, -0.2) is 22.1 Å². The average molecular weight is 351 g/mol. The highest BCUT2D eigenvalue weighted by Gasteiger charge is 2.13. The Bertz CT molecular complexity index is 949. The number of ether oxygens (including phenoxy) is 1. The summed E-state index contributed by atoms with van der Waals surface area (Å²) in [4.78, 5) is 23.2. The molecule has 1 N–H and O–H groups in total. The molecule has 7 heteroatoms. The Morgan fingerprint density at radius 1 is 1.12 bits per heavy atom. The van der Waals surface area contributed by atoms with Crippen LogP contribution >= 0.6 is 0 Å². The largest absolute Gasteiger partial charge is 0.452 e. The van der Waals surface area contributed by atoms with Crippen molar-refractivity contribution in [1.29, 1.82) is 0 Å². The summed E-state index contributed by atoms with van der Waals surface area (Å²) in [5, 5.41) is 10.5. The van der Waals surface area contributed by atoms with Gasteiger partial charge in [-0.1, -0.05) is 23.8 Å². The number of hydrogen-bond donors (Lipinski definition) is 1. The number of carbonyl (C=O) groups is 2. The number of amides is 1. The fraction of sp³-hybridized carbons (Fsp3) is 0.158. The van der Waals surface area contributed by atoms with Gasteiger partial charge in [0.25, 0.3) is 5.89 Å². The van der Waals surface area contributed by atoms with Gasteiger partial charge in [-0.25, -0.2) is 4.79 Å². The summed E-state index contributed by atoms with van der Waals surface area (Å²) in [5.74, 6) is -0.196. The number of aryl methyl sites for hydroxylation is 1. The van der Waals surface area contributed by atoms with Gasteiger partial charge in [0.2, 0.25) is 11.8 Å². The lowest BCUT2D eigenvalue weighted by Gasteiger charge is -2.05. The zero-order chi connectivity index (χ0) is 18.5. The second kappa shape index (κ2) is 7.60. The molecule has 1 heterocycles. The number of anilines is 1. The highest BCUT2D eigenvalue weighted by Crippen LogP contribution is 2.19. The van der Waals surface area contributed by atoms with Crippen molar-refractivity contribution in [2.24, 2.45) is 0 Å². The molecule has 3 rings (SSSR count). The van der Waals surface area contributed by atoms with E-state index in [0.717, 1.165) is 11.1 Å². The van der Waals surface area contributed by atoms with Crippen molar-refractivity contribution in [3.8, 4) is 11.5 Å². The van der Waals surface area contributed by atoms with Crippen LogP contribution in [0.3, 0.4) is 0 Å². The molecule has 0 aliphatic carbocycles. The fourth-order valence-corrected chi connectivity index (χ4v) is 2.34. The first-order valence-electron chi connectivity index (χ1n) is 7.95. The van der Waals surface area contributed by atoms with Gasteiger partial charge in [-0.05, 0) is 37.3 Å². The maximum atomic E-state index is 12.2. The molecular formula is C19H17N3O4. The van der Waals surface area contributed by atoms with Crippen molar-refractivity contribution in [2.75, 3.05) is 5.32 Å². The van der Waals surface area contributed by atoms with Gasteiger partial charge >= 0.3 is 5.97 Å². The third-order valence-corrected chi connectivity index (χ3v) is 3.48. The molecule has 0 spiro atoms. The van der Waals surface area contributed by atoms with Crippen molar-refractivity contribution in [1.82, 2.24) is 10.2 Å². The van der Waals surface area contributed by atoms with Crippen LogP contribution in [0, 0.1) is 6.92 Å². The van der Waals surface area contributed by atoms with Gasteiger partial charge < -0.3 is 14.5 Å². The molecule has 0 aliphatic rings. The lowest BCUT2D eigenvalue weighted by Crippen LogP contribution is -2.09. The molecular weight excluding hydrogens is 334 g/mol. The number of nitrogens with one attached hydrogen (secondary N) is 1. The smallest absolute Gasteiger partial charge is 0.338 e. The first-order valence-corrected chi connectivity index (χ1v) is 7.95. The lowest BCUT2D eigenvalue weighted by molar-refractivity contribution is -0.114. The minimum atomic E-state index is -0.549. The molecule has 1 amide bonds. The first kappa shape index (κ1) is 17.3. The van der Waals surface area contributed by atoms with Crippen LogP contribution in [0.2, 0.25) is 0 Å². The predicted molar refractivity (Wildman–Crippen MR) is 94.3 cm³/mol. The Labute approximate surface area is 150 Å². The van der Waals surface area contributed by atoms with Crippen molar-refractivity contribution in [3.63, 3.8) is 0 Å². The summed E-state index contributed by atoms with van der Waals surface area (Å²) in [6.45, 7) is 3.23. The van der Waals surface area contributed by atoms with Gasteiger partial charge in [0, 0.05) is 18.2 Å². The Morgan fingerprint density at radius 3 is 2.69 bits per heavy atom. The van der Waals surface area contributed by atoms with E-state index in [9.17, 15) is 9.59 Å². The molecule has 0 fully saturated rings. The second-order valence-corrected chi connectivity index (χ2v) is 5.71. The van der Waals surface area contributed by atoms with E-state index in [2.05, 4.69) is 15.5 Å². The molecule has 7 nitrogen and oxygen atoms in total. The minimum Gasteiger partial charge on any atom is -0.452 e. The molecule has 2 aromatic carbocycles. The molecule has 0 unspecified atom stereocenters. The summed E-state index contributed by atoms with van der Waals surface area (Å²) < 4.78 is 10.7. The van der Waals surface area contributed by atoms with Gasteiger partial charge in [0.1, 0.15) is 0 Å². The molecule has 132 valence electrons. The lowest BCUT2D eigenvalue weighted by atomic mass is 10.1. The van der Waals surface area contributed by atoms with Crippen LogP contribution < -0.4 is 5.32 Å². The summed E-state index contributed by atoms with van der Waals surface area (Å²) in [6.07, 6.45) is 0. The monoisotopic (exact) mass is 351 g/mol. The SMILES string of the molecule is CC(=O)Nc1cccc(C(=O)OCc2nnc(-c3cccc(C)c3)o2)c1. The second-order valence-electron chi connectivity index (χ2n) is 5.71. The van der Waals surface area contributed by atoms with Crippen LogP contribution in [0.4, 0.5) is 5.69 Å². The number of rotatable bonds is 5. The van der Waals surface area contributed by atoms with Crippen LogP contribution in [-0.2, 0) is 16.1 Å². The van der Waals surface area contributed by atoms with E-state index in [1.807, 2.05) is 31.2 Å². The van der Waals surface area contributed by atoms with Crippen LogP contribution in [0.25, 0.3) is 11.5 Å². The van der Waals surface area contributed by atoms with E-state index in [-0.39, 0.29) is 18.4 Å². The van der Waals surface area contributed by atoms with E-state index in [1.54, 1.807) is 18.2 Å². The van der Waals surface area contributed by atoms with Gasteiger partial charge in [0.05, 0.1) is 5.56 Å². The van der Waals surface area contributed by atoms with E-state index in [1.165, 1.54) is 13.0 Å². The number of hydrogen-bond acceptors (Lipinski definition) is 6. The Morgan fingerprint density at radius 2 is 1.92 bits per heavy atom. The summed E-state index contributed by atoms with van der Waals surface area (Å²) in [5.41, 5.74) is 2.71. The van der Waals surface area contributed by atoms with E-state index in [0.29, 0.717) is 17.1 Å². The maximum Gasteiger partial charge on any atom is 0.338 e. The van der Waals surface area contributed by atoms with E-state index in [4.69, 9.17) is 9.15 Å². The highest BCUT2D eigenvalue weighted by atomic mass is 16.5. The zero-order valence-corrected chi connectivity index (χ0v) is 14.4.